The molecule has 0 aliphatic heterocycles. The standard InChI is InChI=1S/C22H41NO2/c1-4-6-7-8-9-10-11-12-13-14-15-16-17-18-19-20-22(24)23(25-3)21-5-2/h5,12-13H,2,4,6-11,14-21H2,1,3H3. The first kappa shape index (κ1) is 23.9. The molecule has 146 valence electrons. The van der Waals surface area contributed by atoms with Crippen molar-refractivity contribution in [3.05, 3.63) is 24.8 Å². The van der Waals surface area contributed by atoms with Gasteiger partial charge in [0.05, 0.1) is 13.7 Å². The fraction of sp³-hybridized carbons (Fsp3) is 0.773. The third-order valence-electron chi connectivity index (χ3n) is 4.45. The smallest absolute Gasteiger partial charge is 0.246 e. The molecular weight excluding hydrogens is 310 g/mol. The van der Waals surface area contributed by atoms with Gasteiger partial charge in [0, 0.05) is 6.42 Å². The molecule has 0 heterocycles. The number of carbonyl (C=O) groups is 1. The summed E-state index contributed by atoms with van der Waals surface area (Å²) in [6.07, 6.45) is 23.5. The SMILES string of the molecule is C=CCN(OC)C(=O)CCCCCCCC=CCCCCCCCC. The molecule has 0 saturated carbocycles. The zero-order chi connectivity index (χ0) is 18.6. The highest BCUT2D eigenvalue weighted by atomic mass is 16.7. The van der Waals surface area contributed by atoms with Gasteiger partial charge in [-0.2, -0.15) is 0 Å². The second-order valence-electron chi connectivity index (χ2n) is 6.76. The van der Waals surface area contributed by atoms with E-state index in [0.29, 0.717) is 13.0 Å². The molecule has 1 amide bonds. The summed E-state index contributed by atoms with van der Waals surface area (Å²) in [5, 5.41) is 1.38. The lowest BCUT2D eigenvalue weighted by atomic mass is 10.1. The number of allylic oxidation sites excluding steroid dienone is 2. The number of rotatable bonds is 18. The van der Waals surface area contributed by atoms with Crippen LogP contribution >= 0.6 is 0 Å². The molecule has 0 bridgehead atoms. The summed E-state index contributed by atoms with van der Waals surface area (Å²) in [6.45, 7) is 6.35. The summed E-state index contributed by atoms with van der Waals surface area (Å²) in [7, 11) is 1.53. The van der Waals surface area contributed by atoms with Crippen LogP contribution in [0, 0.1) is 0 Å². The average molecular weight is 352 g/mol. The minimum absolute atomic E-state index is 0.0556. The van der Waals surface area contributed by atoms with E-state index in [1.54, 1.807) is 6.08 Å². The Labute approximate surface area is 156 Å². The van der Waals surface area contributed by atoms with E-state index in [1.165, 1.54) is 82.8 Å². The number of amides is 1. The van der Waals surface area contributed by atoms with E-state index in [0.717, 1.165) is 12.8 Å². The summed E-state index contributed by atoms with van der Waals surface area (Å²) in [5.74, 6) is 0.0556. The van der Waals surface area contributed by atoms with Crippen molar-refractivity contribution >= 4 is 5.91 Å². The molecule has 0 atom stereocenters. The van der Waals surface area contributed by atoms with E-state index >= 15 is 0 Å². The van der Waals surface area contributed by atoms with Crippen LogP contribution in [0.25, 0.3) is 0 Å². The normalized spacial score (nSPS) is 11.1. The summed E-state index contributed by atoms with van der Waals surface area (Å²) >= 11 is 0. The maximum atomic E-state index is 11.8. The van der Waals surface area contributed by atoms with Gasteiger partial charge in [-0.25, -0.2) is 5.06 Å². The molecular formula is C22H41NO2. The third kappa shape index (κ3) is 16.1. The van der Waals surface area contributed by atoms with Crippen molar-refractivity contribution in [3.63, 3.8) is 0 Å². The maximum Gasteiger partial charge on any atom is 0.246 e. The maximum absolute atomic E-state index is 11.8. The van der Waals surface area contributed by atoms with Gasteiger partial charge in [-0.1, -0.05) is 76.5 Å². The first-order valence-electron chi connectivity index (χ1n) is 10.4. The van der Waals surface area contributed by atoms with E-state index in [4.69, 9.17) is 4.84 Å². The highest BCUT2D eigenvalue weighted by Crippen LogP contribution is 2.10. The van der Waals surface area contributed by atoms with Gasteiger partial charge in [0.2, 0.25) is 5.91 Å². The number of hydrogen-bond donors (Lipinski definition) is 0. The fourth-order valence-corrected chi connectivity index (χ4v) is 2.87. The molecule has 0 aliphatic rings. The molecule has 25 heavy (non-hydrogen) atoms. The lowest BCUT2D eigenvalue weighted by Crippen LogP contribution is -2.29. The van der Waals surface area contributed by atoms with Gasteiger partial charge in [-0.05, 0) is 32.1 Å². The van der Waals surface area contributed by atoms with Gasteiger partial charge < -0.3 is 0 Å². The van der Waals surface area contributed by atoms with Crippen molar-refractivity contribution in [3.8, 4) is 0 Å². The Morgan fingerprint density at radius 3 is 1.92 bits per heavy atom. The number of carbonyl (C=O) groups excluding carboxylic acids is 1. The molecule has 0 aromatic carbocycles. The summed E-state index contributed by atoms with van der Waals surface area (Å²) in [4.78, 5) is 16.9. The van der Waals surface area contributed by atoms with Gasteiger partial charge in [0.25, 0.3) is 0 Å². The van der Waals surface area contributed by atoms with Crippen LogP contribution in [0.1, 0.15) is 96.8 Å². The lowest BCUT2D eigenvalue weighted by molar-refractivity contribution is -0.173. The molecule has 0 saturated heterocycles. The van der Waals surface area contributed by atoms with Crippen LogP contribution in [0.4, 0.5) is 0 Å². The van der Waals surface area contributed by atoms with Crippen molar-refractivity contribution in [2.75, 3.05) is 13.7 Å². The highest BCUT2D eigenvalue weighted by Gasteiger charge is 2.10. The van der Waals surface area contributed by atoms with E-state index in [-0.39, 0.29) is 5.91 Å². The fourth-order valence-electron chi connectivity index (χ4n) is 2.87. The zero-order valence-corrected chi connectivity index (χ0v) is 16.8. The van der Waals surface area contributed by atoms with E-state index < -0.39 is 0 Å². The van der Waals surface area contributed by atoms with E-state index in [1.807, 2.05) is 0 Å². The molecule has 0 unspecified atom stereocenters. The van der Waals surface area contributed by atoms with Gasteiger partial charge in [-0.3, -0.25) is 9.63 Å². The molecule has 0 spiro atoms. The summed E-state index contributed by atoms with van der Waals surface area (Å²) in [6, 6.07) is 0. The Morgan fingerprint density at radius 1 is 0.880 bits per heavy atom. The van der Waals surface area contributed by atoms with Crippen LogP contribution in [0.2, 0.25) is 0 Å². The number of unbranched alkanes of at least 4 members (excludes halogenated alkanes) is 11. The zero-order valence-electron chi connectivity index (χ0n) is 16.8. The molecule has 0 aromatic heterocycles. The quantitative estimate of drug-likeness (QED) is 0.158. The molecule has 0 aliphatic carbocycles. The Balaban J connectivity index is 3.34. The predicted octanol–water partition coefficient (Wildman–Crippen LogP) is 6.60. The van der Waals surface area contributed by atoms with Gasteiger partial charge >= 0.3 is 0 Å². The Morgan fingerprint density at radius 2 is 1.40 bits per heavy atom. The monoisotopic (exact) mass is 351 g/mol. The number of hydrogen-bond acceptors (Lipinski definition) is 2. The van der Waals surface area contributed by atoms with Crippen LogP contribution in [0.5, 0.6) is 0 Å². The summed E-state index contributed by atoms with van der Waals surface area (Å²) < 4.78 is 0. The van der Waals surface area contributed by atoms with Gasteiger partial charge in [-0.15, -0.1) is 6.58 Å². The lowest BCUT2D eigenvalue weighted by Gasteiger charge is -2.17. The molecule has 0 fully saturated rings. The third-order valence-corrected chi connectivity index (χ3v) is 4.45. The van der Waals surface area contributed by atoms with Gasteiger partial charge in [0.15, 0.2) is 0 Å². The Bertz CT molecular complexity index is 339. The minimum Gasteiger partial charge on any atom is -0.274 e. The van der Waals surface area contributed by atoms with Crippen LogP contribution in [0.3, 0.4) is 0 Å². The predicted molar refractivity (Wildman–Crippen MR) is 108 cm³/mol. The molecule has 0 N–H and O–H groups in total. The average Bonchev–Trinajstić information content (AvgIpc) is 2.62. The van der Waals surface area contributed by atoms with Crippen LogP contribution in [0.15, 0.2) is 24.8 Å². The van der Waals surface area contributed by atoms with Crippen molar-refractivity contribution in [2.45, 2.75) is 96.8 Å². The van der Waals surface area contributed by atoms with Crippen LogP contribution < -0.4 is 0 Å². The Kier molecular flexibility index (Phi) is 18.4. The second-order valence-corrected chi connectivity index (χ2v) is 6.76. The van der Waals surface area contributed by atoms with Crippen LogP contribution in [-0.4, -0.2) is 24.6 Å². The molecule has 0 rings (SSSR count). The first-order valence-corrected chi connectivity index (χ1v) is 10.4. The minimum atomic E-state index is 0.0556. The van der Waals surface area contributed by atoms with E-state index in [9.17, 15) is 4.79 Å². The van der Waals surface area contributed by atoms with Crippen molar-refractivity contribution in [1.82, 2.24) is 5.06 Å². The largest absolute Gasteiger partial charge is 0.274 e. The number of hydroxylamine groups is 2. The molecule has 3 nitrogen and oxygen atoms in total. The Hall–Kier alpha value is -1.09. The topological polar surface area (TPSA) is 29.5 Å². The van der Waals surface area contributed by atoms with Crippen molar-refractivity contribution < 1.29 is 9.63 Å². The summed E-state index contributed by atoms with van der Waals surface area (Å²) in [5.41, 5.74) is 0. The van der Waals surface area contributed by atoms with Gasteiger partial charge in [0.1, 0.15) is 0 Å². The highest BCUT2D eigenvalue weighted by molar-refractivity contribution is 5.75. The van der Waals surface area contributed by atoms with Crippen LogP contribution in [-0.2, 0) is 9.63 Å². The molecule has 0 aromatic rings. The molecule has 0 radical (unpaired) electrons. The van der Waals surface area contributed by atoms with Crippen molar-refractivity contribution in [1.29, 1.82) is 0 Å². The molecule has 3 heteroatoms. The second kappa shape index (κ2) is 19.2. The van der Waals surface area contributed by atoms with Crippen molar-refractivity contribution in [2.24, 2.45) is 0 Å². The first-order chi connectivity index (χ1) is 12.3. The van der Waals surface area contributed by atoms with E-state index in [2.05, 4.69) is 25.7 Å². The number of nitrogens with zero attached hydrogens (tertiary/aromatic N) is 1.